The zero-order valence-corrected chi connectivity index (χ0v) is 12.1. The molecule has 110 valence electrons. The molecule has 1 aromatic heterocycles. The van der Waals surface area contributed by atoms with Gasteiger partial charge in [0.05, 0.1) is 11.9 Å². The van der Waals surface area contributed by atoms with Gasteiger partial charge in [-0.3, -0.25) is 4.79 Å². The van der Waals surface area contributed by atoms with Gasteiger partial charge in [0.25, 0.3) is 5.91 Å². The quantitative estimate of drug-likeness (QED) is 0.907. The molecule has 0 saturated carbocycles. The number of nitrogens with one attached hydrogen (secondary N) is 2. The Hall–Kier alpha value is -2.50. The van der Waals surface area contributed by atoms with E-state index in [1.54, 1.807) is 13.2 Å². The molecule has 2 N–H and O–H groups in total. The van der Waals surface area contributed by atoms with Crippen LogP contribution in [-0.2, 0) is 0 Å². The maximum Gasteiger partial charge on any atom is 0.276 e. The van der Waals surface area contributed by atoms with Crippen molar-refractivity contribution < 1.29 is 9.18 Å². The molecule has 1 amide bonds. The largest absolute Gasteiger partial charge is 0.385 e. The van der Waals surface area contributed by atoms with Crippen molar-refractivity contribution in [3.05, 3.63) is 47.8 Å². The van der Waals surface area contributed by atoms with Crippen LogP contribution in [0.5, 0.6) is 0 Å². The lowest BCUT2D eigenvalue weighted by atomic mass is 10.2. The highest BCUT2D eigenvalue weighted by Crippen LogP contribution is 2.18. The summed E-state index contributed by atoms with van der Waals surface area (Å²) in [5, 5.41) is 5.58. The van der Waals surface area contributed by atoms with E-state index in [0.29, 0.717) is 17.2 Å². The molecule has 0 aliphatic rings. The van der Waals surface area contributed by atoms with Crippen LogP contribution >= 0.6 is 0 Å². The van der Waals surface area contributed by atoms with Crippen LogP contribution < -0.4 is 10.6 Å². The number of carbonyl (C=O) groups is 1. The molecule has 0 aliphatic carbocycles. The van der Waals surface area contributed by atoms with Crippen LogP contribution in [0.1, 0.15) is 36.1 Å². The molecule has 0 atom stereocenters. The number of amides is 1. The topological polar surface area (TPSA) is 66.9 Å². The molecule has 5 nitrogen and oxygen atoms in total. The average Bonchev–Trinajstić information content (AvgIpc) is 2.48. The Kier molecular flexibility index (Phi) is 4.47. The van der Waals surface area contributed by atoms with E-state index in [1.807, 2.05) is 13.8 Å². The summed E-state index contributed by atoms with van der Waals surface area (Å²) in [6.45, 7) is 3.91. The minimum atomic E-state index is -0.366. The molecule has 0 saturated heterocycles. The molecule has 0 bridgehead atoms. The van der Waals surface area contributed by atoms with Crippen molar-refractivity contribution in [2.75, 3.05) is 17.7 Å². The number of carbonyl (C=O) groups excluding carboxylic acids is 1. The number of hydrogen-bond acceptors (Lipinski definition) is 4. The first kappa shape index (κ1) is 14.9. The van der Waals surface area contributed by atoms with Gasteiger partial charge in [-0.1, -0.05) is 13.8 Å². The van der Waals surface area contributed by atoms with Crippen LogP contribution in [0.3, 0.4) is 0 Å². The van der Waals surface area contributed by atoms with E-state index in [4.69, 9.17) is 0 Å². The Morgan fingerprint density at radius 2 is 1.90 bits per heavy atom. The van der Waals surface area contributed by atoms with E-state index >= 15 is 0 Å². The zero-order chi connectivity index (χ0) is 15.4. The van der Waals surface area contributed by atoms with Crippen molar-refractivity contribution in [3.63, 3.8) is 0 Å². The molecule has 0 aliphatic heterocycles. The highest BCUT2D eigenvalue weighted by molar-refractivity contribution is 6.06. The summed E-state index contributed by atoms with van der Waals surface area (Å²) < 4.78 is 12.9. The van der Waals surface area contributed by atoms with Crippen LogP contribution in [0.2, 0.25) is 0 Å². The molecule has 21 heavy (non-hydrogen) atoms. The second-order valence-electron chi connectivity index (χ2n) is 4.86. The lowest BCUT2D eigenvalue weighted by Gasteiger charge is -2.11. The Bertz CT molecular complexity index is 641. The molecule has 6 heteroatoms. The van der Waals surface area contributed by atoms with Gasteiger partial charge < -0.3 is 10.6 Å². The van der Waals surface area contributed by atoms with Crippen molar-refractivity contribution >= 4 is 17.3 Å². The van der Waals surface area contributed by atoms with Crippen LogP contribution in [-0.4, -0.2) is 22.9 Å². The molecule has 0 fully saturated rings. The van der Waals surface area contributed by atoms with E-state index in [-0.39, 0.29) is 23.3 Å². The number of hydrogen-bond donors (Lipinski definition) is 2. The predicted molar refractivity (Wildman–Crippen MR) is 80.0 cm³/mol. The molecule has 0 spiro atoms. The fraction of sp³-hybridized carbons (Fsp3) is 0.267. The monoisotopic (exact) mass is 288 g/mol. The summed E-state index contributed by atoms with van der Waals surface area (Å²) in [7, 11) is 1.70. The van der Waals surface area contributed by atoms with Gasteiger partial charge in [-0.25, -0.2) is 14.4 Å². The first-order valence-electron chi connectivity index (χ1n) is 6.63. The summed E-state index contributed by atoms with van der Waals surface area (Å²) >= 11 is 0. The Morgan fingerprint density at radius 3 is 2.48 bits per heavy atom. The number of nitrogens with zero attached hydrogens (tertiary/aromatic N) is 2. The summed E-state index contributed by atoms with van der Waals surface area (Å²) in [6.07, 6.45) is 1.59. The Morgan fingerprint density at radius 1 is 1.24 bits per heavy atom. The predicted octanol–water partition coefficient (Wildman–Crippen LogP) is 3.03. The zero-order valence-electron chi connectivity index (χ0n) is 12.1. The van der Waals surface area contributed by atoms with Crippen molar-refractivity contribution in [3.8, 4) is 0 Å². The minimum Gasteiger partial charge on any atom is -0.385 e. The summed E-state index contributed by atoms with van der Waals surface area (Å²) in [5.74, 6) is -0.00478. The molecule has 1 aromatic carbocycles. The van der Waals surface area contributed by atoms with Gasteiger partial charge in [-0.05, 0) is 24.3 Å². The number of aromatic nitrogens is 2. The highest BCUT2D eigenvalue weighted by atomic mass is 19.1. The lowest BCUT2D eigenvalue weighted by Crippen LogP contribution is -2.17. The van der Waals surface area contributed by atoms with Crippen molar-refractivity contribution in [1.29, 1.82) is 0 Å². The molecular weight excluding hydrogens is 271 g/mol. The third-order valence-corrected chi connectivity index (χ3v) is 2.91. The maximum absolute atomic E-state index is 12.9. The highest BCUT2D eigenvalue weighted by Gasteiger charge is 2.16. The fourth-order valence-corrected chi connectivity index (χ4v) is 1.75. The van der Waals surface area contributed by atoms with Gasteiger partial charge in [0.2, 0.25) is 0 Å². The minimum absolute atomic E-state index is 0.119. The third-order valence-electron chi connectivity index (χ3n) is 2.91. The molecule has 0 unspecified atom stereocenters. The number of halogens is 1. The number of anilines is 2. The molecular formula is C15H17FN4O. The van der Waals surface area contributed by atoms with Crippen molar-refractivity contribution in [2.24, 2.45) is 0 Å². The van der Waals surface area contributed by atoms with Crippen LogP contribution in [0.15, 0.2) is 30.5 Å². The second kappa shape index (κ2) is 6.30. The van der Waals surface area contributed by atoms with Crippen molar-refractivity contribution in [1.82, 2.24) is 9.97 Å². The van der Waals surface area contributed by atoms with E-state index in [1.165, 1.54) is 24.3 Å². The Balaban J connectivity index is 2.28. The van der Waals surface area contributed by atoms with E-state index in [9.17, 15) is 9.18 Å². The third kappa shape index (κ3) is 3.53. The SMILES string of the molecule is CNc1cnc(C(C)C)nc1C(=O)Nc1ccc(F)cc1. The summed E-state index contributed by atoms with van der Waals surface area (Å²) in [4.78, 5) is 20.8. The fourth-order valence-electron chi connectivity index (χ4n) is 1.75. The van der Waals surface area contributed by atoms with Gasteiger partial charge >= 0.3 is 0 Å². The smallest absolute Gasteiger partial charge is 0.276 e. The summed E-state index contributed by atoms with van der Waals surface area (Å²) in [6, 6.07) is 5.57. The van der Waals surface area contributed by atoms with Crippen LogP contribution in [0.4, 0.5) is 15.8 Å². The van der Waals surface area contributed by atoms with Gasteiger partial charge in [0.15, 0.2) is 5.69 Å². The molecule has 2 aromatic rings. The second-order valence-corrected chi connectivity index (χ2v) is 4.86. The van der Waals surface area contributed by atoms with Gasteiger partial charge in [-0.15, -0.1) is 0 Å². The van der Waals surface area contributed by atoms with E-state index < -0.39 is 0 Å². The molecule has 1 heterocycles. The van der Waals surface area contributed by atoms with Gasteiger partial charge in [0.1, 0.15) is 11.6 Å². The maximum atomic E-state index is 12.9. The lowest BCUT2D eigenvalue weighted by molar-refractivity contribution is 0.102. The normalized spacial score (nSPS) is 10.5. The van der Waals surface area contributed by atoms with Crippen LogP contribution in [0, 0.1) is 5.82 Å². The number of rotatable bonds is 4. The van der Waals surface area contributed by atoms with Gasteiger partial charge in [0, 0.05) is 18.7 Å². The van der Waals surface area contributed by atoms with E-state index in [0.717, 1.165) is 0 Å². The van der Waals surface area contributed by atoms with Crippen molar-refractivity contribution in [2.45, 2.75) is 19.8 Å². The first-order chi connectivity index (χ1) is 10.0. The average molecular weight is 288 g/mol. The summed E-state index contributed by atoms with van der Waals surface area (Å²) in [5.41, 5.74) is 1.31. The van der Waals surface area contributed by atoms with Gasteiger partial charge in [-0.2, -0.15) is 0 Å². The van der Waals surface area contributed by atoms with Crippen LogP contribution in [0.25, 0.3) is 0 Å². The number of benzene rings is 1. The Labute approximate surface area is 122 Å². The van der Waals surface area contributed by atoms with E-state index in [2.05, 4.69) is 20.6 Å². The first-order valence-corrected chi connectivity index (χ1v) is 6.63. The standard InChI is InChI=1S/C15H17FN4O/c1-9(2)14-18-8-12(17-3)13(20-14)15(21)19-11-6-4-10(16)5-7-11/h4-9,17H,1-3H3,(H,19,21). The molecule has 0 radical (unpaired) electrons. The molecule has 2 rings (SSSR count).